The summed E-state index contributed by atoms with van der Waals surface area (Å²) in [5.74, 6) is -8.93. The number of carbonyl (C=O) groups is 11. The van der Waals surface area contributed by atoms with Crippen molar-refractivity contribution in [1.29, 1.82) is 0 Å². The number of nitrogens with zero attached hydrogens (tertiary/aromatic N) is 3. The number of likely N-dealkylation sites (tertiary alicyclic amines) is 1. The molecule has 0 radical (unpaired) electrons. The molecule has 9 atom stereocenters. The minimum absolute atomic E-state index is 0.0248. The minimum atomic E-state index is -1.84. The van der Waals surface area contributed by atoms with Gasteiger partial charge in [-0.05, 0) is 91.5 Å². The number of imidazole rings is 1. The number of methoxy groups -OCH3 is 3. The summed E-state index contributed by atoms with van der Waals surface area (Å²) in [6.07, 6.45) is 4.44. The molecule has 2 aliphatic rings. The SMILES string of the molecule is COc1cc(C[C@@H](NC(=O)[C@H](Cc2ccc(O)cc2)NC(=O)[C@H](CO)NC(=O)[C@H](Cc2c[nH]c3ccccc23)NC(=O)[C@H](Cc2cnc[nH]2)NC(=O)[C@@H]2CCC(=O)N2)C(=O)N[C@@H](CC(C)C)C(=O)N[C@@H](CCCN=C(N)N)C(=O)N2CCC[C@H]2C(=O)NCC(N)=O)cc(OC)c1OC. The Balaban J connectivity index is 1.18. The van der Waals surface area contributed by atoms with E-state index in [1.54, 1.807) is 44.3 Å². The molecule has 0 aliphatic carbocycles. The van der Waals surface area contributed by atoms with E-state index in [1.807, 2.05) is 0 Å². The van der Waals surface area contributed by atoms with E-state index in [9.17, 15) is 53.4 Å². The number of hydrogen-bond acceptors (Lipinski definition) is 18. The molecule has 33 heteroatoms. The lowest BCUT2D eigenvalue weighted by atomic mass is 9.99. The zero-order valence-electron chi connectivity index (χ0n) is 55.1. The number of aromatic hydroxyl groups is 1. The van der Waals surface area contributed by atoms with E-state index in [1.165, 1.54) is 75.2 Å². The number of aliphatic hydroxyl groups excluding tert-OH is 1. The molecule has 0 bridgehead atoms. The number of rotatable bonds is 36. The topological polar surface area (TPSA) is 502 Å². The number of aromatic amines is 2. The van der Waals surface area contributed by atoms with Crippen LogP contribution in [0.15, 0.2) is 84.4 Å². The van der Waals surface area contributed by atoms with E-state index in [0.717, 1.165) is 0 Å². The minimum Gasteiger partial charge on any atom is -0.508 e. The highest BCUT2D eigenvalue weighted by Gasteiger charge is 2.40. The number of carbonyl (C=O) groups excluding carboxylic acids is 11. The lowest BCUT2D eigenvalue weighted by Crippen LogP contribution is -2.61. The van der Waals surface area contributed by atoms with Crippen LogP contribution in [0.5, 0.6) is 23.0 Å². The number of benzene rings is 3. The summed E-state index contributed by atoms with van der Waals surface area (Å²) >= 11 is 0. The molecule has 2 aliphatic heterocycles. The molecule has 2 saturated heterocycles. The maximum atomic E-state index is 15.2. The van der Waals surface area contributed by atoms with Gasteiger partial charge in [-0.25, -0.2) is 4.98 Å². The maximum absolute atomic E-state index is 15.2. The number of ether oxygens (including phenoxy) is 3. The lowest BCUT2D eigenvalue weighted by Gasteiger charge is -2.30. The molecule has 98 heavy (non-hydrogen) atoms. The monoisotopic (exact) mass is 1360 g/mol. The molecule has 0 spiro atoms. The van der Waals surface area contributed by atoms with Gasteiger partial charge in [0, 0.05) is 74.2 Å². The Morgan fingerprint density at radius 1 is 0.684 bits per heavy atom. The van der Waals surface area contributed by atoms with Crippen LogP contribution >= 0.6 is 0 Å². The first kappa shape index (κ1) is 74.4. The fraction of sp³-hybridized carbons (Fsp3) is 0.462. The molecule has 19 N–H and O–H groups in total. The third-order valence-electron chi connectivity index (χ3n) is 16.5. The number of guanidine groups is 1. The Morgan fingerprint density at radius 3 is 1.84 bits per heavy atom. The number of phenolic OH excluding ortho intramolecular Hbond substituents is 1. The second kappa shape index (κ2) is 35.7. The number of nitrogens with one attached hydrogen (secondary N) is 11. The summed E-state index contributed by atoms with van der Waals surface area (Å²) in [4.78, 5) is 169. The second-order valence-corrected chi connectivity index (χ2v) is 24.2. The molecule has 4 heterocycles. The summed E-state index contributed by atoms with van der Waals surface area (Å²) in [6, 6.07) is 3.14. The number of nitrogens with two attached hydrogens (primary N) is 3. The van der Waals surface area contributed by atoms with E-state index in [2.05, 4.69) is 67.8 Å². The predicted molar refractivity (Wildman–Crippen MR) is 354 cm³/mol. The number of aliphatic hydroxyl groups is 1. The summed E-state index contributed by atoms with van der Waals surface area (Å²) < 4.78 is 16.8. The summed E-state index contributed by atoms with van der Waals surface area (Å²) in [7, 11) is 4.11. The van der Waals surface area contributed by atoms with Crippen LogP contribution in [0.25, 0.3) is 10.9 Å². The Hall–Kier alpha value is -11.0. The number of H-pyrrole nitrogens is 2. The maximum Gasteiger partial charge on any atom is 0.245 e. The highest BCUT2D eigenvalue weighted by atomic mass is 16.5. The van der Waals surface area contributed by atoms with Gasteiger partial charge in [-0.15, -0.1) is 0 Å². The average Bonchev–Trinajstić information content (AvgIpc) is 1.45. The van der Waals surface area contributed by atoms with Gasteiger partial charge in [-0.3, -0.25) is 57.7 Å². The van der Waals surface area contributed by atoms with Gasteiger partial charge in [-0.2, -0.15) is 0 Å². The van der Waals surface area contributed by atoms with E-state index in [0.29, 0.717) is 39.7 Å². The van der Waals surface area contributed by atoms with Crippen molar-refractivity contribution in [2.75, 3.05) is 47.6 Å². The number of para-hydroxylation sites is 1. The normalized spacial score (nSPS) is 16.3. The van der Waals surface area contributed by atoms with Crippen molar-refractivity contribution in [3.8, 4) is 23.0 Å². The van der Waals surface area contributed by atoms with Crippen molar-refractivity contribution in [2.24, 2.45) is 28.1 Å². The zero-order valence-corrected chi connectivity index (χ0v) is 55.1. The Bertz CT molecular complexity index is 3650. The number of fused-ring (bicyclic) bond motifs is 1. The Morgan fingerprint density at radius 2 is 1.27 bits per heavy atom. The van der Waals surface area contributed by atoms with Gasteiger partial charge in [0.05, 0.1) is 40.8 Å². The Kier molecular flexibility index (Phi) is 27.1. The molecular weight excluding hydrogens is 1270 g/mol. The number of aliphatic imine (C=N–C) groups is 1. The molecule has 3 aromatic carbocycles. The molecule has 2 fully saturated rings. The zero-order chi connectivity index (χ0) is 71.2. The van der Waals surface area contributed by atoms with Crippen molar-refractivity contribution in [2.45, 2.75) is 139 Å². The first-order chi connectivity index (χ1) is 46.9. The second-order valence-electron chi connectivity index (χ2n) is 24.2. The molecule has 528 valence electrons. The molecule has 0 unspecified atom stereocenters. The fourth-order valence-corrected chi connectivity index (χ4v) is 11.5. The van der Waals surface area contributed by atoms with Crippen molar-refractivity contribution >= 4 is 81.8 Å². The fourth-order valence-electron chi connectivity index (χ4n) is 11.5. The van der Waals surface area contributed by atoms with Crippen molar-refractivity contribution in [3.63, 3.8) is 0 Å². The first-order valence-electron chi connectivity index (χ1n) is 31.9. The van der Waals surface area contributed by atoms with Crippen LogP contribution in [-0.2, 0) is 78.4 Å². The highest BCUT2D eigenvalue weighted by Crippen LogP contribution is 2.38. The van der Waals surface area contributed by atoms with Crippen LogP contribution in [0, 0.1) is 5.92 Å². The third kappa shape index (κ3) is 21.0. The van der Waals surface area contributed by atoms with E-state index < -0.39 is 127 Å². The van der Waals surface area contributed by atoms with Gasteiger partial charge in [0.1, 0.15) is 60.1 Å². The molecule has 33 nitrogen and oxygen atoms in total. The summed E-state index contributed by atoms with van der Waals surface area (Å²) in [6.45, 7) is 2.19. The van der Waals surface area contributed by atoms with Gasteiger partial charge in [0.15, 0.2) is 17.5 Å². The number of amides is 11. The third-order valence-corrected chi connectivity index (χ3v) is 16.5. The standard InChI is InChI=1S/C65H87N17O16/c1-34(2)22-44(57(88)75-43(12-8-20-70-65(67)68)64(95)82-21-9-13-50(82)63(94)72-31-53(66)85)76-59(90)46(24-36-25-51(96-3)55(98-5)52(26-36)97-4)77-58(89)45(23-35-14-16-39(84)17-15-35)78-62(93)49(32-83)81-60(91)47(27-37-29-71-41-11-7-6-10-40(37)41)79-61(92)48(28-38-30-69-33-73-38)80-56(87)42-18-19-54(86)74-42/h6-7,10-11,14-17,25-26,29-30,33-34,42-50,71,83-84H,8-9,12-13,18-24,27-28,31-32H2,1-5H3,(H2,66,85)(H,69,73)(H,72,94)(H,74,86)(H,75,88)(H,76,90)(H,77,89)(H,78,93)(H,79,92)(H,80,87)(H,81,91)(H4,67,68,70)/t42-,43-,44-,45-,46+,47-,48-,49-,50-/m0/s1. The molecule has 0 saturated carbocycles. The van der Waals surface area contributed by atoms with Crippen LogP contribution < -0.4 is 79.3 Å². The van der Waals surface area contributed by atoms with Crippen LogP contribution in [0.4, 0.5) is 0 Å². The molecule has 11 amide bonds. The van der Waals surface area contributed by atoms with Gasteiger partial charge in [0.25, 0.3) is 0 Å². The predicted octanol–water partition coefficient (Wildman–Crippen LogP) is -2.75. The number of hydrogen-bond donors (Lipinski definition) is 16. The van der Waals surface area contributed by atoms with E-state index in [4.69, 9.17) is 31.4 Å². The summed E-state index contributed by atoms with van der Waals surface area (Å²) in [5.41, 5.74) is 18.8. The van der Waals surface area contributed by atoms with Crippen LogP contribution in [0.1, 0.15) is 81.2 Å². The van der Waals surface area contributed by atoms with Crippen molar-refractivity contribution < 1.29 is 77.2 Å². The number of primary amides is 1. The smallest absolute Gasteiger partial charge is 0.245 e. The largest absolute Gasteiger partial charge is 0.508 e. The molecular formula is C65H87N17O16. The quantitative estimate of drug-likeness (QED) is 0.0110. The van der Waals surface area contributed by atoms with Crippen LogP contribution in [-0.4, -0.2) is 203 Å². The van der Waals surface area contributed by atoms with Crippen LogP contribution in [0.3, 0.4) is 0 Å². The van der Waals surface area contributed by atoms with E-state index >= 15 is 9.59 Å². The van der Waals surface area contributed by atoms with Crippen LogP contribution in [0.2, 0.25) is 0 Å². The van der Waals surface area contributed by atoms with Gasteiger partial charge >= 0.3 is 0 Å². The lowest BCUT2D eigenvalue weighted by molar-refractivity contribution is -0.142. The van der Waals surface area contributed by atoms with Crippen molar-refractivity contribution in [1.82, 2.24) is 67.7 Å². The highest BCUT2D eigenvalue weighted by molar-refractivity contribution is 6.00. The Labute approximate surface area is 564 Å². The van der Waals surface area contributed by atoms with E-state index in [-0.39, 0.29) is 118 Å². The van der Waals surface area contributed by atoms with Gasteiger partial charge in [-0.1, -0.05) is 44.2 Å². The first-order valence-corrected chi connectivity index (χ1v) is 31.9. The number of phenols is 1. The van der Waals surface area contributed by atoms with Crippen molar-refractivity contribution in [3.05, 3.63) is 102 Å². The molecule has 7 rings (SSSR count). The van der Waals surface area contributed by atoms with Gasteiger partial charge < -0.3 is 104 Å². The molecule has 5 aromatic rings. The summed E-state index contributed by atoms with van der Waals surface area (Å²) in [5, 5.41) is 45.7. The molecule has 2 aromatic heterocycles. The van der Waals surface area contributed by atoms with Gasteiger partial charge in [0.2, 0.25) is 70.7 Å². The number of aromatic nitrogens is 3. The average molecular weight is 1360 g/mol.